The van der Waals surface area contributed by atoms with Gasteiger partial charge in [0.15, 0.2) is 0 Å². The first-order valence-corrected chi connectivity index (χ1v) is 13.2. The Balaban J connectivity index is 5.59. The summed E-state index contributed by atoms with van der Waals surface area (Å²) in [4.78, 5) is 0. The summed E-state index contributed by atoms with van der Waals surface area (Å²) in [6.07, 6.45) is -11.7. The van der Waals surface area contributed by atoms with Gasteiger partial charge in [0.1, 0.15) is 13.2 Å². The van der Waals surface area contributed by atoms with Crippen molar-refractivity contribution in [3.8, 4) is 0 Å². The van der Waals surface area contributed by atoms with Crippen molar-refractivity contribution in [1.82, 2.24) is 0 Å². The summed E-state index contributed by atoms with van der Waals surface area (Å²) in [5.41, 5.74) is 0. The maximum Gasteiger partial charge on any atom is 0.455 e. The van der Waals surface area contributed by atoms with Gasteiger partial charge in [-0.2, -0.15) is 43.9 Å². The lowest BCUT2D eigenvalue weighted by atomic mass is 10.3. The van der Waals surface area contributed by atoms with Crippen LogP contribution in [0.5, 0.6) is 0 Å². The molecule has 0 saturated heterocycles. The summed E-state index contributed by atoms with van der Waals surface area (Å²) in [5.74, 6) is -10.3. The van der Waals surface area contributed by atoms with Crippen LogP contribution in [0, 0.1) is 0 Å². The largest absolute Gasteiger partial charge is 0.455 e. The van der Waals surface area contributed by atoms with Gasteiger partial charge in [0.05, 0.1) is 0 Å². The van der Waals surface area contributed by atoms with E-state index in [1.54, 1.807) is 0 Å². The molecule has 0 aromatic rings. The van der Waals surface area contributed by atoms with Gasteiger partial charge in [-0.25, -0.2) is 0 Å². The Morgan fingerprint density at radius 2 is 0.759 bits per heavy atom. The van der Waals surface area contributed by atoms with Gasteiger partial charge in [-0.15, -0.1) is 0 Å². The summed E-state index contributed by atoms with van der Waals surface area (Å²) < 4.78 is 143. The van der Waals surface area contributed by atoms with Gasteiger partial charge >= 0.3 is 41.3 Å². The lowest BCUT2D eigenvalue weighted by molar-refractivity contribution is -0.292. The number of halogens is 10. The second kappa shape index (κ2) is 9.83. The topological polar surface area (TPSA) is 27.7 Å². The Bertz CT molecular complexity index is 459. The van der Waals surface area contributed by atoms with Crippen LogP contribution in [0.15, 0.2) is 0 Å². The Kier molecular flexibility index (Phi) is 9.70. The van der Waals surface area contributed by atoms with Gasteiger partial charge in [-0.1, -0.05) is 27.7 Å². The maximum absolute atomic E-state index is 13.2. The van der Waals surface area contributed by atoms with E-state index in [0.717, 1.165) is 0 Å². The summed E-state index contributed by atoms with van der Waals surface area (Å²) >= 11 is 0. The third kappa shape index (κ3) is 7.36. The van der Waals surface area contributed by atoms with E-state index < -0.39 is 54.5 Å². The van der Waals surface area contributed by atoms with Crippen molar-refractivity contribution < 1.29 is 56.9 Å². The third-order valence-corrected chi connectivity index (χ3v) is 13.0. The van der Waals surface area contributed by atoms with E-state index in [0.29, 0.717) is 0 Å². The SMILES string of the molecule is CC[Si](CC)(OCC(F)(F)C(F)(F)F)O[Si](CC)(CC)OCC(F)(F)C(F)(F)F. The van der Waals surface area contributed by atoms with Crippen molar-refractivity contribution >= 4 is 17.1 Å². The number of rotatable bonds is 12. The normalized spacial score (nSPS) is 15.1. The summed E-state index contributed by atoms with van der Waals surface area (Å²) in [6, 6.07) is -0.535. The zero-order chi connectivity index (χ0) is 23.4. The standard InChI is InChI=1S/C14H24F10O3Si2/c1-5-28(6-2,25-9-11(15,16)13(19,20)21)27-29(7-3,8-4)26-10-12(17,18)14(22,23)24/h5-10H2,1-4H3. The van der Waals surface area contributed by atoms with Crippen LogP contribution in [0.25, 0.3) is 0 Å². The molecule has 3 nitrogen and oxygen atoms in total. The highest BCUT2D eigenvalue weighted by Gasteiger charge is 2.61. The first-order chi connectivity index (χ1) is 12.9. The van der Waals surface area contributed by atoms with Crippen LogP contribution >= 0.6 is 0 Å². The molecule has 0 aliphatic heterocycles. The van der Waals surface area contributed by atoms with Crippen LogP contribution in [0.2, 0.25) is 24.2 Å². The first-order valence-electron chi connectivity index (χ1n) is 8.73. The van der Waals surface area contributed by atoms with E-state index in [1.165, 1.54) is 27.7 Å². The minimum absolute atomic E-state index is 0.134. The lowest BCUT2D eigenvalue weighted by Crippen LogP contribution is -2.57. The molecule has 0 aliphatic carbocycles. The van der Waals surface area contributed by atoms with Gasteiger partial charge < -0.3 is 13.0 Å². The average molecular weight is 486 g/mol. The molecule has 0 radical (unpaired) electrons. The molecule has 0 spiro atoms. The van der Waals surface area contributed by atoms with E-state index >= 15 is 0 Å². The van der Waals surface area contributed by atoms with Crippen molar-refractivity contribution in [2.45, 2.75) is 76.1 Å². The summed E-state index contributed by atoms with van der Waals surface area (Å²) in [7, 11) is -7.64. The molecule has 0 aliphatic rings. The molecule has 29 heavy (non-hydrogen) atoms. The average Bonchev–Trinajstić information content (AvgIpc) is 2.60. The highest BCUT2D eigenvalue weighted by Crippen LogP contribution is 2.39. The fourth-order valence-corrected chi connectivity index (χ4v) is 10.4. The lowest BCUT2D eigenvalue weighted by Gasteiger charge is -2.40. The number of alkyl halides is 10. The van der Waals surface area contributed by atoms with E-state index in [9.17, 15) is 43.9 Å². The minimum atomic E-state index is -5.87. The molecule has 0 bridgehead atoms. The summed E-state index contributed by atoms with van der Waals surface area (Å²) in [6.45, 7) is 1.46. The molecule has 176 valence electrons. The smallest absolute Gasteiger partial charge is 0.414 e. The predicted octanol–water partition coefficient (Wildman–Crippen LogP) is 6.40. The third-order valence-electron chi connectivity index (χ3n) is 4.39. The minimum Gasteiger partial charge on any atom is -0.414 e. The zero-order valence-corrected chi connectivity index (χ0v) is 18.2. The van der Waals surface area contributed by atoms with Crippen molar-refractivity contribution in [2.24, 2.45) is 0 Å². The molecule has 15 heteroatoms. The van der Waals surface area contributed by atoms with Crippen LogP contribution in [-0.4, -0.2) is 54.5 Å². The Labute approximate surface area is 164 Å². The van der Waals surface area contributed by atoms with Gasteiger partial charge in [0.2, 0.25) is 0 Å². The second-order valence-corrected chi connectivity index (χ2v) is 14.2. The van der Waals surface area contributed by atoms with Crippen LogP contribution in [0.4, 0.5) is 43.9 Å². The predicted molar refractivity (Wildman–Crippen MR) is 88.4 cm³/mol. The molecule has 0 saturated carbocycles. The van der Waals surface area contributed by atoms with Crippen molar-refractivity contribution in [3.05, 3.63) is 0 Å². The summed E-state index contributed by atoms with van der Waals surface area (Å²) in [5, 5.41) is 0. The number of hydrogen-bond acceptors (Lipinski definition) is 3. The van der Waals surface area contributed by atoms with Crippen molar-refractivity contribution in [3.63, 3.8) is 0 Å². The van der Waals surface area contributed by atoms with Crippen molar-refractivity contribution in [2.75, 3.05) is 13.2 Å². The Hall–Kier alpha value is -0.386. The van der Waals surface area contributed by atoms with Gasteiger partial charge in [-0.3, -0.25) is 0 Å². The molecule has 0 aromatic carbocycles. The van der Waals surface area contributed by atoms with Crippen LogP contribution in [-0.2, 0) is 13.0 Å². The molecule has 0 N–H and O–H groups in total. The molecule has 0 heterocycles. The Morgan fingerprint density at radius 3 is 0.931 bits per heavy atom. The van der Waals surface area contributed by atoms with E-state index in [2.05, 4.69) is 0 Å². The molecule has 0 fully saturated rings. The fourth-order valence-electron chi connectivity index (χ4n) is 2.20. The highest BCUT2D eigenvalue weighted by atomic mass is 28.5. The fraction of sp³-hybridized carbons (Fsp3) is 1.00. The van der Waals surface area contributed by atoms with Crippen LogP contribution < -0.4 is 0 Å². The molecule has 0 atom stereocenters. The maximum atomic E-state index is 13.2. The molecular formula is C14H24F10O3Si2. The van der Waals surface area contributed by atoms with Crippen molar-refractivity contribution in [1.29, 1.82) is 0 Å². The number of hydrogen-bond donors (Lipinski definition) is 0. The quantitative estimate of drug-likeness (QED) is 0.236. The molecule has 0 unspecified atom stereocenters. The molecule has 0 rings (SSSR count). The molecule has 0 aromatic heterocycles. The zero-order valence-electron chi connectivity index (χ0n) is 16.2. The van der Waals surface area contributed by atoms with Crippen LogP contribution in [0.1, 0.15) is 27.7 Å². The monoisotopic (exact) mass is 486 g/mol. The van der Waals surface area contributed by atoms with Gasteiger partial charge in [-0.05, 0) is 24.2 Å². The van der Waals surface area contributed by atoms with Gasteiger partial charge in [0.25, 0.3) is 0 Å². The van der Waals surface area contributed by atoms with Crippen LogP contribution in [0.3, 0.4) is 0 Å². The highest BCUT2D eigenvalue weighted by molar-refractivity contribution is 6.81. The molecule has 0 amide bonds. The molecular weight excluding hydrogens is 462 g/mol. The first kappa shape index (κ1) is 28.6. The Morgan fingerprint density at radius 1 is 0.517 bits per heavy atom. The van der Waals surface area contributed by atoms with E-state index in [1.807, 2.05) is 0 Å². The second-order valence-electron chi connectivity index (χ2n) is 6.32. The van der Waals surface area contributed by atoms with E-state index in [4.69, 9.17) is 13.0 Å². The van der Waals surface area contributed by atoms with E-state index in [-0.39, 0.29) is 24.2 Å². The van der Waals surface area contributed by atoms with Gasteiger partial charge in [0, 0.05) is 0 Å².